The zero-order valence-corrected chi connectivity index (χ0v) is 22.2. The molecule has 5 aromatic rings. The zero-order chi connectivity index (χ0) is 30.7. The fraction of sp³-hybridized carbons (Fsp3) is 0.0303. The van der Waals surface area contributed by atoms with Crippen LogP contribution in [0.15, 0.2) is 97.3 Å². The average Bonchev–Trinajstić information content (AvgIpc) is 2.97. The summed E-state index contributed by atoms with van der Waals surface area (Å²) in [7, 11) is 0. The number of phenols is 4. The fourth-order valence-corrected chi connectivity index (χ4v) is 4.48. The number of rotatable bonds is 7. The van der Waals surface area contributed by atoms with Gasteiger partial charge < -0.3 is 39.5 Å². The van der Waals surface area contributed by atoms with Crippen LogP contribution in [0.5, 0.6) is 34.5 Å². The van der Waals surface area contributed by atoms with E-state index in [2.05, 4.69) is 0 Å². The first-order chi connectivity index (χ1) is 20.6. The highest BCUT2D eigenvalue weighted by molar-refractivity contribution is 5.71. The van der Waals surface area contributed by atoms with Crippen LogP contribution >= 0.6 is 0 Å². The van der Waals surface area contributed by atoms with Gasteiger partial charge in [0.25, 0.3) is 0 Å². The molecule has 0 radical (unpaired) electrons. The molecule has 2 heterocycles. The Morgan fingerprint density at radius 1 is 0.488 bits per heavy atom. The van der Waals surface area contributed by atoms with Gasteiger partial charge in [-0.3, -0.25) is 0 Å². The Morgan fingerprint density at radius 3 is 1.33 bits per heavy atom. The van der Waals surface area contributed by atoms with E-state index < -0.39 is 28.7 Å². The van der Waals surface area contributed by atoms with Gasteiger partial charge in [0.1, 0.15) is 23.0 Å². The molecule has 0 atom stereocenters. The minimum absolute atomic E-state index is 0.0392. The Labute approximate surface area is 243 Å². The molecule has 216 valence electrons. The minimum Gasteiger partial charge on any atom is -0.507 e. The van der Waals surface area contributed by atoms with Gasteiger partial charge >= 0.3 is 11.3 Å². The van der Waals surface area contributed by atoms with E-state index in [4.69, 9.17) is 8.83 Å². The molecule has 0 saturated heterocycles. The molecule has 0 saturated carbocycles. The smallest absolute Gasteiger partial charge is 0.344 e. The summed E-state index contributed by atoms with van der Waals surface area (Å²) in [5.41, 5.74) is -1.23. The Balaban J connectivity index is 1.55. The van der Waals surface area contributed by atoms with Crippen molar-refractivity contribution < 1.29 is 39.5 Å². The van der Waals surface area contributed by atoms with Crippen molar-refractivity contribution in [3.8, 4) is 34.5 Å². The molecule has 43 heavy (non-hydrogen) atoms. The maximum atomic E-state index is 13.3. The third-order valence-electron chi connectivity index (χ3n) is 6.56. The van der Waals surface area contributed by atoms with Crippen molar-refractivity contribution in [2.75, 3.05) is 0 Å². The minimum atomic E-state index is -1.27. The molecule has 0 unspecified atom stereocenters. The zero-order valence-electron chi connectivity index (χ0n) is 22.2. The molecule has 5 rings (SSSR count). The number of hydrogen-bond acceptors (Lipinski definition) is 10. The van der Waals surface area contributed by atoms with Gasteiger partial charge in [-0.2, -0.15) is 0 Å². The first-order valence-corrected chi connectivity index (χ1v) is 12.8. The van der Waals surface area contributed by atoms with Crippen molar-refractivity contribution >= 4 is 24.3 Å². The van der Waals surface area contributed by atoms with E-state index in [1.54, 1.807) is 30.3 Å². The normalized spacial score (nSPS) is 12.2. The lowest BCUT2D eigenvalue weighted by molar-refractivity contribution is 0.403. The monoisotopic (exact) mass is 580 g/mol. The first-order valence-electron chi connectivity index (χ1n) is 12.8. The molecular weight excluding hydrogens is 556 g/mol. The molecule has 6 N–H and O–H groups in total. The number of aromatic hydroxyl groups is 6. The third kappa shape index (κ3) is 6.13. The van der Waals surface area contributed by atoms with E-state index in [1.807, 2.05) is 0 Å². The van der Waals surface area contributed by atoms with E-state index in [0.29, 0.717) is 16.7 Å². The summed E-state index contributed by atoms with van der Waals surface area (Å²) in [5.74, 6) is -3.64. The van der Waals surface area contributed by atoms with Crippen LogP contribution in [-0.2, 0) is 0 Å². The summed E-state index contributed by atoms with van der Waals surface area (Å²) in [5, 5.41) is 60.4. The standard InChI is InChI=1S/C33H24O10/c34-23-12-8-18(14-25(23)36)6-10-21-16-27(38)30(32(40)42-21)29(20-4-2-1-3-5-20)31-28(39)17-22(43-33(31)41)11-7-19-9-13-24(35)26(37)15-19/h1-17,29,34-39H. The van der Waals surface area contributed by atoms with Crippen LogP contribution < -0.4 is 11.3 Å². The second kappa shape index (κ2) is 11.8. The molecule has 0 aliphatic carbocycles. The molecule has 0 aliphatic heterocycles. The van der Waals surface area contributed by atoms with Crippen LogP contribution in [-0.4, -0.2) is 30.6 Å². The van der Waals surface area contributed by atoms with Crippen molar-refractivity contribution in [2.24, 2.45) is 0 Å². The summed E-state index contributed by atoms with van der Waals surface area (Å²) in [6.45, 7) is 0. The number of phenolic OH excluding ortho intramolecular Hbond substituents is 4. The summed E-state index contributed by atoms with van der Waals surface area (Å²) >= 11 is 0. The van der Waals surface area contributed by atoms with E-state index in [1.165, 1.54) is 72.8 Å². The second-order valence-corrected chi connectivity index (χ2v) is 9.48. The van der Waals surface area contributed by atoms with Gasteiger partial charge in [0.15, 0.2) is 23.0 Å². The highest BCUT2D eigenvalue weighted by Gasteiger charge is 2.30. The van der Waals surface area contributed by atoms with E-state index in [9.17, 15) is 40.2 Å². The molecule has 0 aliphatic rings. The number of hydrogen-bond donors (Lipinski definition) is 6. The van der Waals surface area contributed by atoms with Crippen LogP contribution in [0.3, 0.4) is 0 Å². The molecule has 0 amide bonds. The van der Waals surface area contributed by atoms with Crippen molar-refractivity contribution in [1.29, 1.82) is 0 Å². The molecule has 0 spiro atoms. The molecule has 10 heteroatoms. The van der Waals surface area contributed by atoms with Crippen molar-refractivity contribution in [3.63, 3.8) is 0 Å². The highest BCUT2D eigenvalue weighted by atomic mass is 16.4. The fourth-order valence-electron chi connectivity index (χ4n) is 4.48. The molecule has 0 bridgehead atoms. The summed E-state index contributed by atoms with van der Waals surface area (Å²) < 4.78 is 10.8. The van der Waals surface area contributed by atoms with Gasteiger partial charge in [-0.25, -0.2) is 9.59 Å². The summed E-state index contributed by atoms with van der Waals surface area (Å²) in [6, 6.07) is 18.8. The Bertz CT molecular complexity index is 1860. The lowest BCUT2D eigenvalue weighted by Gasteiger charge is -2.18. The average molecular weight is 581 g/mol. The topological polar surface area (TPSA) is 182 Å². The molecule has 0 fully saturated rings. The highest BCUT2D eigenvalue weighted by Crippen LogP contribution is 2.38. The number of benzene rings is 3. The van der Waals surface area contributed by atoms with Crippen molar-refractivity contribution in [2.45, 2.75) is 5.92 Å². The molecule has 3 aromatic carbocycles. The van der Waals surface area contributed by atoms with Crippen LogP contribution in [0.2, 0.25) is 0 Å². The van der Waals surface area contributed by atoms with Gasteiger partial charge in [-0.15, -0.1) is 0 Å². The van der Waals surface area contributed by atoms with Gasteiger partial charge in [-0.05, 0) is 53.1 Å². The largest absolute Gasteiger partial charge is 0.507 e. The van der Waals surface area contributed by atoms with Gasteiger partial charge in [-0.1, -0.05) is 54.6 Å². The maximum absolute atomic E-state index is 13.3. The second-order valence-electron chi connectivity index (χ2n) is 9.48. The summed E-state index contributed by atoms with van der Waals surface area (Å²) in [4.78, 5) is 26.5. The van der Waals surface area contributed by atoms with Crippen molar-refractivity contribution in [3.05, 3.63) is 139 Å². The Hall–Kier alpha value is -6.16. The summed E-state index contributed by atoms with van der Waals surface area (Å²) in [6.07, 6.45) is 5.71. The van der Waals surface area contributed by atoms with Gasteiger partial charge in [0, 0.05) is 12.1 Å². The van der Waals surface area contributed by atoms with Crippen LogP contribution in [0.1, 0.15) is 45.3 Å². The SMILES string of the molecule is O=c1oc(C=Cc2ccc(O)c(O)c2)cc(O)c1C(c1ccccc1)c1c(O)cc(C=Cc2ccc(O)c(O)c2)oc1=O. The maximum Gasteiger partial charge on any atom is 0.344 e. The third-order valence-corrected chi connectivity index (χ3v) is 6.56. The lowest BCUT2D eigenvalue weighted by atomic mass is 9.85. The predicted octanol–water partition coefficient (Wildman–Crippen LogP) is 5.35. The van der Waals surface area contributed by atoms with E-state index >= 15 is 0 Å². The molecular formula is C33H24O10. The van der Waals surface area contributed by atoms with Gasteiger partial charge in [0.05, 0.1) is 17.0 Å². The predicted molar refractivity (Wildman–Crippen MR) is 158 cm³/mol. The first kappa shape index (κ1) is 28.4. The van der Waals surface area contributed by atoms with Crippen molar-refractivity contribution in [1.82, 2.24) is 0 Å². The van der Waals surface area contributed by atoms with Crippen LogP contribution in [0.25, 0.3) is 24.3 Å². The van der Waals surface area contributed by atoms with Crippen LogP contribution in [0.4, 0.5) is 0 Å². The molecule has 2 aromatic heterocycles. The van der Waals surface area contributed by atoms with Gasteiger partial charge in [0.2, 0.25) is 0 Å². The molecule has 10 nitrogen and oxygen atoms in total. The quantitative estimate of drug-likeness (QED) is 0.137. The lowest BCUT2D eigenvalue weighted by Crippen LogP contribution is -2.21. The van der Waals surface area contributed by atoms with Crippen LogP contribution in [0, 0.1) is 0 Å². The van der Waals surface area contributed by atoms with E-state index in [-0.39, 0.29) is 45.6 Å². The Kier molecular flexibility index (Phi) is 7.75. The Morgan fingerprint density at radius 2 is 0.930 bits per heavy atom. The van der Waals surface area contributed by atoms with E-state index in [0.717, 1.165) is 0 Å².